The first-order chi connectivity index (χ1) is 13.7. The molecule has 7 nitrogen and oxygen atoms in total. The number of aromatic nitrogens is 3. The van der Waals surface area contributed by atoms with Gasteiger partial charge in [-0.1, -0.05) is 45.0 Å². The summed E-state index contributed by atoms with van der Waals surface area (Å²) in [5.74, 6) is 0.112. The first kappa shape index (κ1) is 20.3. The van der Waals surface area contributed by atoms with E-state index >= 15 is 0 Å². The number of carbonyl (C=O) groups excluding carboxylic acids is 2. The van der Waals surface area contributed by atoms with Crippen molar-refractivity contribution in [2.45, 2.75) is 26.2 Å². The Kier molecular flexibility index (Phi) is 5.77. The van der Waals surface area contributed by atoms with Crippen LogP contribution in [-0.2, 0) is 17.3 Å². The van der Waals surface area contributed by atoms with Gasteiger partial charge < -0.3 is 15.2 Å². The van der Waals surface area contributed by atoms with Gasteiger partial charge in [0, 0.05) is 23.9 Å². The van der Waals surface area contributed by atoms with Gasteiger partial charge in [0.25, 0.3) is 5.91 Å². The molecule has 0 spiro atoms. The van der Waals surface area contributed by atoms with E-state index in [9.17, 15) is 9.59 Å². The van der Waals surface area contributed by atoms with Gasteiger partial charge in [0.1, 0.15) is 6.33 Å². The molecule has 2 amide bonds. The van der Waals surface area contributed by atoms with E-state index in [0.29, 0.717) is 17.1 Å². The van der Waals surface area contributed by atoms with Crippen molar-refractivity contribution in [1.29, 1.82) is 0 Å². The normalized spacial score (nSPS) is 11.2. The third kappa shape index (κ3) is 5.07. The Labute approximate surface area is 170 Å². The highest BCUT2D eigenvalue weighted by atomic mass is 16.2. The number of amides is 2. The molecule has 3 aromatic rings. The highest BCUT2D eigenvalue weighted by molar-refractivity contribution is 5.99. The minimum Gasteiger partial charge on any atom is -0.343 e. The van der Waals surface area contributed by atoms with E-state index in [1.54, 1.807) is 29.1 Å². The lowest BCUT2D eigenvalue weighted by Gasteiger charge is -2.19. The van der Waals surface area contributed by atoms with Gasteiger partial charge in [0.05, 0.1) is 6.54 Å². The van der Waals surface area contributed by atoms with Crippen molar-refractivity contribution in [1.82, 2.24) is 20.1 Å². The minimum atomic E-state index is -0.306. The van der Waals surface area contributed by atoms with Gasteiger partial charge in [0.15, 0.2) is 5.82 Å². The standard InChI is InChI=1S/C22H25N5O2/c1-22(2,3)17-10-8-15(9-11-17)21(29)23-13-19(28)25-18-7-5-6-16(12-18)20-26-24-14-27(20)4/h5-12,14H,13H2,1-4H3,(H,23,29)(H,25,28). The van der Waals surface area contributed by atoms with Gasteiger partial charge in [0.2, 0.25) is 5.91 Å². The largest absolute Gasteiger partial charge is 0.343 e. The van der Waals surface area contributed by atoms with Crippen LogP contribution in [0, 0.1) is 0 Å². The molecule has 2 aromatic carbocycles. The number of hydrogen-bond donors (Lipinski definition) is 2. The Bertz CT molecular complexity index is 1020. The highest BCUT2D eigenvalue weighted by Gasteiger charge is 2.15. The smallest absolute Gasteiger partial charge is 0.251 e. The summed E-state index contributed by atoms with van der Waals surface area (Å²) in [5.41, 5.74) is 3.16. The monoisotopic (exact) mass is 391 g/mol. The molecule has 0 unspecified atom stereocenters. The number of rotatable bonds is 5. The molecule has 0 saturated carbocycles. The molecule has 0 aliphatic carbocycles. The summed E-state index contributed by atoms with van der Waals surface area (Å²) in [6, 6.07) is 14.7. The van der Waals surface area contributed by atoms with Crippen LogP contribution in [0.15, 0.2) is 54.9 Å². The molecule has 1 aromatic heterocycles. The zero-order valence-electron chi connectivity index (χ0n) is 17.1. The molecule has 0 aliphatic heterocycles. The van der Waals surface area contributed by atoms with Crippen LogP contribution >= 0.6 is 0 Å². The van der Waals surface area contributed by atoms with Crippen LogP contribution in [0.3, 0.4) is 0 Å². The lowest BCUT2D eigenvalue weighted by atomic mass is 9.87. The molecule has 0 aliphatic rings. The molecule has 7 heteroatoms. The molecular formula is C22H25N5O2. The van der Waals surface area contributed by atoms with Gasteiger partial charge in [-0.3, -0.25) is 9.59 Å². The fourth-order valence-electron chi connectivity index (χ4n) is 2.87. The zero-order chi connectivity index (χ0) is 21.0. The third-order valence-electron chi connectivity index (χ3n) is 4.54. The van der Waals surface area contributed by atoms with Crippen LogP contribution in [0.5, 0.6) is 0 Å². The highest BCUT2D eigenvalue weighted by Crippen LogP contribution is 2.22. The lowest BCUT2D eigenvalue weighted by molar-refractivity contribution is -0.115. The number of nitrogens with one attached hydrogen (secondary N) is 2. The van der Waals surface area contributed by atoms with E-state index in [2.05, 4.69) is 41.6 Å². The summed E-state index contributed by atoms with van der Waals surface area (Å²) in [5, 5.41) is 13.4. The Hall–Kier alpha value is -3.48. The van der Waals surface area contributed by atoms with Crippen LogP contribution in [-0.4, -0.2) is 33.1 Å². The average Bonchev–Trinajstić information content (AvgIpc) is 3.12. The molecule has 2 N–H and O–H groups in total. The summed E-state index contributed by atoms with van der Waals surface area (Å²) in [6.07, 6.45) is 1.62. The molecular weight excluding hydrogens is 366 g/mol. The van der Waals surface area contributed by atoms with Crippen molar-refractivity contribution in [2.24, 2.45) is 7.05 Å². The average molecular weight is 391 g/mol. The fraction of sp³-hybridized carbons (Fsp3) is 0.273. The topological polar surface area (TPSA) is 88.9 Å². The first-order valence-electron chi connectivity index (χ1n) is 9.37. The SMILES string of the molecule is Cn1cnnc1-c1cccc(NC(=O)CNC(=O)c2ccc(C(C)(C)C)cc2)c1. The second-order valence-corrected chi connectivity index (χ2v) is 7.90. The van der Waals surface area contributed by atoms with Crippen molar-refractivity contribution in [3.63, 3.8) is 0 Å². The molecule has 3 rings (SSSR count). The van der Waals surface area contributed by atoms with Gasteiger partial charge in [-0.15, -0.1) is 10.2 Å². The number of nitrogens with zero attached hydrogens (tertiary/aromatic N) is 3. The Balaban J connectivity index is 1.57. The van der Waals surface area contributed by atoms with E-state index in [1.165, 1.54) is 0 Å². The summed E-state index contributed by atoms with van der Waals surface area (Å²) in [6.45, 7) is 6.23. The number of carbonyl (C=O) groups is 2. The van der Waals surface area contributed by atoms with Gasteiger partial charge in [-0.05, 0) is 35.2 Å². The maximum Gasteiger partial charge on any atom is 0.251 e. The summed E-state index contributed by atoms with van der Waals surface area (Å²) < 4.78 is 1.80. The predicted octanol–water partition coefficient (Wildman–Crippen LogP) is 3.15. The molecule has 29 heavy (non-hydrogen) atoms. The van der Waals surface area contributed by atoms with Gasteiger partial charge in [-0.25, -0.2) is 0 Å². The second-order valence-electron chi connectivity index (χ2n) is 7.90. The number of anilines is 1. The number of hydrogen-bond acceptors (Lipinski definition) is 4. The Morgan fingerprint density at radius 3 is 2.41 bits per heavy atom. The molecule has 0 saturated heterocycles. The summed E-state index contributed by atoms with van der Waals surface area (Å²) in [7, 11) is 1.85. The molecule has 1 heterocycles. The Morgan fingerprint density at radius 2 is 1.79 bits per heavy atom. The lowest BCUT2D eigenvalue weighted by Crippen LogP contribution is -2.32. The van der Waals surface area contributed by atoms with Gasteiger partial charge in [-0.2, -0.15) is 0 Å². The summed E-state index contributed by atoms with van der Waals surface area (Å²) in [4.78, 5) is 24.5. The van der Waals surface area contributed by atoms with Crippen LogP contribution in [0.4, 0.5) is 5.69 Å². The van der Waals surface area contributed by atoms with Crippen LogP contribution in [0.1, 0.15) is 36.7 Å². The molecule has 0 fully saturated rings. The van der Waals surface area contributed by atoms with Crippen LogP contribution in [0.25, 0.3) is 11.4 Å². The van der Waals surface area contributed by atoms with Crippen molar-refractivity contribution < 1.29 is 9.59 Å². The predicted molar refractivity (Wildman–Crippen MR) is 113 cm³/mol. The van der Waals surface area contributed by atoms with E-state index < -0.39 is 0 Å². The maximum atomic E-state index is 12.3. The molecule has 150 valence electrons. The Morgan fingerprint density at radius 1 is 1.07 bits per heavy atom. The van der Waals surface area contributed by atoms with Crippen molar-refractivity contribution in [3.8, 4) is 11.4 Å². The molecule has 0 atom stereocenters. The minimum absolute atomic E-state index is 0.0222. The van der Waals surface area contributed by atoms with Crippen LogP contribution < -0.4 is 10.6 Å². The third-order valence-corrected chi connectivity index (χ3v) is 4.54. The molecule has 0 radical (unpaired) electrons. The van der Waals surface area contributed by atoms with E-state index in [1.807, 2.05) is 37.4 Å². The maximum absolute atomic E-state index is 12.3. The van der Waals surface area contributed by atoms with Gasteiger partial charge >= 0.3 is 0 Å². The van der Waals surface area contributed by atoms with Crippen LogP contribution in [0.2, 0.25) is 0 Å². The fourth-order valence-corrected chi connectivity index (χ4v) is 2.87. The van der Waals surface area contributed by atoms with Crippen molar-refractivity contribution in [3.05, 3.63) is 66.0 Å². The zero-order valence-corrected chi connectivity index (χ0v) is 17.1. The molecule has 0 bridgehead atoms. The van der Waals surface area contributed by atoms with Crippen molar-refractivity contribution >= 4 is 17.5 Å². The number of aryl methyl sites for hydroxylation is 1. The number of benzene rings is 2. The van der Waals surface area contributed by atoms with Crippen molar-refractivity contribution in [2.75, 3.05) is 11.9 Å². The second kappa shape index (κ2) is 8.26. The van der Waals surface area contributed by atoms with E-state index in [-0.39, 0.29) is 23.8 Å². The first-order valence-corrected chi connectivity index (χ1v) is 9.37. The van der Waals surface area contributed by atoms with E-state index in [4.69, 9.17) is 0 Å². The summed E-state index contributed by atoms with van der Waals surface area (Å²) >= 11 is 0. The quantitative estimate of drug-likeness (QED) is 0.699. The van der Waals surface area contributed by atoms with E-state index in [0.717, 1.165) is 11.1 Å².